The van der Waals surface area contributed by atoms with Crippen LogP contribution in [0.2, 0.25) is 0 Å². The molecule has 1 aliphatic rings. The number of likely N-dealkylation sites (tertiary alicyclic amines) is 1. The fourth-order valence-corrected chi connectivity index (χ4v) is 2.43. The van der Waals surface area contributed by atoms with Crippen molar-refractivity contribution in [2.75, 3.05) is 7.05 Å². The Morgan fingerprint density at radius 3 is 2.00 bits per heavy atom. The highest BCUT2D eigenvalue weighted by molar-refractivity contribution is 5.38. The Kier molecular flexibility index (Phi) is 2.91. The molecule has 1 radical (unpaired) electrons. The van der Waals surface area contributed by atoms with Gasteiger partial charge in [-0.2, -0.15) is 0 Å². The lowest BCUT2D eigenvalue weighted by molar-refractivity contribution is -0.0598. The van der Waals surface area contributed by atoms with Gasteiger partial charge in [0.15, 0.2) is 0 Å². The van der Waals surface area contributed by atoms with Crippen LogP contribution < -0.4 is 0 Å². The van der Waals surface area contributed by atoms with Gasteiger partial charge in [0.05, 0.1) is 0 Å². The Morgan fingerprint density at radius 1 is 1.21 bits per heavy atom. The van der Waals surface area contributed by atoms with Crippen molar-refractivity contribution in [1.29, 1.82) is 0 Å². The first-order valence-corrected chi connectivity index (χ1v) is 5.06. The molecule has 0 aromatic rings. The first-order chi connectivity index (χ1) is 6.29. The van der Waals surface area contributed by atoms with Gasteiger partial charge >= 0.3 is 6.47 Å². The number of hydrogen-bond donors (Lipinski definition) is 0. The van der Waals surface area contributed by atoms with Crippen molar-refractivity contribution in [1.82, 2.24) is 4.90 Å². The van der Waals surface area contributed by atoms with Gasteiger partial charge in [-0.05, 0) is 34.7 Å². The molecule has 1 heterocycles. The lowest BCUT2D eigenvalue weighted by Crippen LogP contribution is -2.60. The average molecular weight is 198 g/mol. The molecular formula is C11H20NO2. The van der Waals surface area contributed by atoms with Crippen LogP contribution in [0.3, 0.4) is 0 Å². The fraction of sp³-hybridized carbons (Fsp3) is 0.909. The first-order valence-electron chi connectivity index (χ1n) is 5.06. The van der Waals surface area contributed by atoms with Gasteiger partial charge in [-0.3, -0.25) is 4.90 Å². The molecule has 0 N–H and O–H groups in total. The molecule has 0 amide bonds. The van der Waals surface area contributed by atoms with E-state index in [9.17, 15) is 4.79 Å². The van der Waals surface area contributed by atoms with E-state index in [-0.39, 0.29) is 17.2 Å². The summed E-state index contributed by atoms with van der Waals surface area (Å²) in [6.45, 7) is 10.3. The Balaban J connectivity index is 2.80. The van der Waals surface area contributed by atoms with Gasteiger partial charge in [0.25, 0.3) is 0 Å². The zero-order chi connectivity index (χ0) is 11.0. The number of carbonyl (C=O) groups excluding carboxylic acids is 1. The second-order valence-electron chi connectivity index (χ2n) is 5.42. The summed E-state index contributed by atoms with van der Waals surface area (Å²) >= 11 is 0. The minimum absolute atomic E-state index is 0.00806. The van der Waals surface area contributed by atoms with Crippen LogP contribution in [0, 0.1) is 0 Å². The van der Waals surface area contributed by atoms with E-state index in [1.807, 2.05) is 0 Å². The van der Waals surface area contributed by atoms with Gasteiger partial charge < -0.3 is 4.74 Å². The van der Waals surface area contributed by atoms with Crippen molar-refractivity contribution in [2.24, 2.45) is 0 Å². The van der Waals surface area contributed by atoms with E-state index in [0.29, 0.717) is 0 Å². The van der Waals surface area contributed by atoms with Gasteiger partial charge in [-0.1, -0.05) is 0 Å². The number of hydrogen-bond acceptors (Lipinski definition) is 3. The number of piperidine rings is 1. The topological polar surface area (TPSA) is 29.5 Å². The van der Waals surface area contributed by atoms with E-state index in [2.05, 4.69) is 39.6 Å². The van der Waals surface area contributed by atoms with E-state index in [0.717, 1.165) is 12.8 Å². The van der Waals surface area contributed by atoms with E-state index in [1.54, 1.807) is 6.47 Å². The summed E-state index contributed by atoms with van der Waals surface area (Å²) in [6, 6.07) is 0. The van der Waals surface area contributed by atoms with Crippen LogP contribution in [0.1, 0.15) is 40.5 Å². The molecule has 0 aromatic heterocycles. The van der Waals surface area contributed by atoms with Gasteiger partial charge in [0.1, 0.15) is 6.10 Å². The van der Waals surface area contributed by atoms with Crippen LogP contribution in [0.15, 0.2) is 0 Å². The standard InChI is InChI=1S/C11H20NO2/c1-10(2)6-9(14-8-13)7-11(3,4)12(10)5/h9H,6-7H2,1-5H3. The van der Waals surface area contributed by atoms with E-state index in [1.165, 1.54) is 0 Å². The highest BCUT2D eigenvalue weighted by Crippen LogP contribution is 2.37. The second-order valence-corrected chi connectivity index (χ2v) is 5.42. The number of rotatable bonds is 2. The Hall–Kier alpha value is -0.570. The lowest BCUT2D eigenvalue weighted by Gasteiger charge is -2.52. The molecule has 0 atom stereocenters. The highest BCUT2D eigenvalue weighted by Gasteiger charge is 2.43. The van der Waals surface area contributed by atoms with Gasteiger partial charge in [-0.25, -0.2) is 4.79 Å². The molecule has 81 valence electrons. The summed E-state index contributed by atoms with van der Waals surface area (Å²) in [7, 11) is 2.13. The van der Waals surface area contributed by atoms with Crippen molar-refractivity contribution < 1.29 is 9.53 Å². The summed E-state index contributed by atoms with van der Waals surface area (Å²) < 4.78 is 4.97. The summed E-state index contributed by atoms with van der Waals surface area (Å²) in [4.78, 5) is 12.6. The molecule has 1 aliphatic heterocycles. The number of nitrogens with zero attached hydrogens (tertiary/aromatic N) is 1. The zero-order valence-electron chi connectivity index (χ0n) is 9.76. The SMILES string of the molecule is CN1C(C)(C)CC(O[C]=O)CC1(C)C. The van der Waals surface area contributed by atoms with Crippen LogP contribution in [0.25, 0.3) is 0 Å². The average Bonchev–Trinajstić information content (AvgIpc) is 1.99. The summed E-state index contributed by atoms with van der Waals surface area (Å²) in [5.74, 6) is 0. The molecule has 0 spiro atoms. The quantitative estimate of drug-likeness (QED) is 0.676. The fourth-order valence-electron chi connectivity index (χ4n) is 2.43. The first kappa shape index (κ1) is 11.5. The molecule has 0 saturated carbocycles. The molecule has 1 fully saturated rings. The minimum atomic E-state index is 0.00806. The molecule has 3 nitrogen and oxygen atoms in total. The molecule has 3 heteroatoms. The molecule has 0 aliphatic carbocycles. The van der Waals surface area contributed by atoms with Crippen LogP contribution in [0.4, 0.5) is 0 Å². The molecular weight excluding hydrogens is 178 g/mol. The van der Waals surface area contributed by atoms with Crippen molar-refractivity contribution in [2.45, 2.75) is 57.7 Å². The van der Waals surface area contributed by atoms with Crippen LogP contribution in [0.5, 0.6) is 0 Å². The smallest absolute Gasteiger partial charge is 0.417 e. The van der Waals surface area contributed by atoms with Crippen LogP contribution in [-0.4, -0.2) is 35.6 Å². The Bertz CT molecular complexity index is 205. The lowest BCUT2D eigenvalue weighted by atomic mass is 9.79. The van der Waals surface area contributed by atoms with E-state index >= 15 is 0 Å². The van der Waals surface area contributed by atoms with Crippen LogP contribution in [-0.2, 0) is 9.53 Å². The third-order valence-corrected chi connectivity index (χ3v) is 3.49. The Morgan fingerprint density at radius 2 is 1.64 bits per heavy atom. The monoisotopic (exact) mass is 198 g/mol. The van der Waals surface area contributed by atoms with Crippen LogP contribution >= 0.6 is 0 Å². The Labute approximate surface area is 86.4 Å². The number of ether oxygens (including phenoxy) is 1. The zero-order valence-corrected chi connectivity index (χ0v) is 9.76. The maximum Gasteiger partial charge on any atom is 0.417 e. The largest absolute Gasteiger partial charge is 0.454 e. The summed E-state index contributed by atoms with van der Waals surface area (Å²) in [5.41, 5.74) is 0.145. The second kappa shape index (κ2) is 3.54. The molecule has 0 aromatic carbocycles. The minimum Gasteiger partial charge on any atom is -0.454 e. The van der Waals surface area contributed by atoms with Gasteiger partial charge in [-0.15, -0.1) is 0 Å². The van der Waals surface area contributed by atoms with Gasteiger partial charge in [0.2, 0.25) is 0 Å². The highest BCUT2D eigenvalue weighted by atomic mass is 16.5. The van der Waals surface area contributed by atoms with E-state index in [4.69, 9.17) is 4.74 Å². The molecule has 14 heavy (non-hydrogen) atoms. The maximum atomic E-state index is 10.2. The van der Waals surface area contributed by atoms with Gasteiger partial charge in [0, 0.05) is 23.9 Å². The third-order valence-electron chi connectivity index (χ3n) is 3.49. The normalized spacial score (nSPS) is 27.2. The van der Waals surface area contributed by atoms with Crippen molar-refractivity contribution >= 4 is 6.47 Å². The van der Waals surface area contributed by atoms with Crippen molar-refractivity contribution in [3.05, 3.63) is 0 Å². The summed E-state index contributed by atoms with van der Waals surface area (Å²) in [6.07, 6.45) is 1.76. The van der Waals surface area contributed by atoms with Crippen molar-refractivity contribution in [3.63, 3.8) is 0 Å². The molecule has 0 unspecified atom stereocenters. The molecule has 0 bridgehead atoms. The third kappa shape index (κ3) is 2.08. The predicted octanol–water partition coefficient (Wildman–Crippen LogP) is 1.72. The predicted molar refractivity (Wildman–Crippen MR) is 55.7 cm³/mol. The van der Waals surface area contributed by atoms with E-state index < -0.39 is 0 Å². The molecule has 1 saturated heterocycles. The van der Waals surface area contributed by atoms with Crippen molar-refractivity contribution in [3.8, 4) is 0 Å². The maximum absolute atomic E-state index is 10.2. The summed E-state index contributed by atoms with van der Waals surface area (Å²) in [5, 5.41) is 0. The molecule has 1 rings (SSSR count).